The first-order valence-electron chi connectivity index (χ1n) is 5.88. The Balaban J connectivity index is 0.000000671. The summed E-state index contributed by atoms with van der Waals surface area (Å²) in [7, 11) is 0. The standard InChI is InChI=1S/C10H21N.C2H6/c1-8(2)10-6-5-7-11(10)9(3)4;1-2/h8-10H,5-7H2,1-4H3;1-2H3. The van der Waals surface area contributed by atoms with E-state index in [-0.39, 0.29) is 0 Å². The molecule has 0 spiro atoms. The lowest BCUT2D eigenvalue weighted by Crippen LogP contribution is -2.38. The highest BCUT2D eigenvalue weighted by Gasteiger charge is 2.28. The lowest BCUT2D eigenvalue weighted by Gasteiger charge is -2.30. The first-order chi connectivity index (χ1) is 6.13. The van der Waals surface area contributed by atoms with E-state index in [1.807, 2.05) is 13.8 Å². The van der Waals surface area contributed by atoms with Crippen LogP contribution in [0.3, 0.4) is 0 Å². The van der Waals surface area contributed by atoms with Crippen molar-refractivity contribution in [2.45, 2.75) is 66.5 Å². The van der Waals surface area contributed by atoms with Crippen LogP contribution in [0.2, 0.25) is 0 Å². The van der Waals surface area contributed by atoms with Crippen LogP contribution in [-0.4, -0.2) is 23.5 Å². The van der Waals surface area contributed by atoms with E-state index in [2.05, 4.69) is 32.6 Å². The average Bonchev–Trinajstić information content (AvgIpc) is 2.55. The first kappa shape index (κ1) is 13.0. The second-order valence-electron chi connectivity index (χ2n) is 4.29. The van der Waals surface area contributed by atoms with Crippen LogP contribution in [0.25, 0.3) is 0 Å². The zero-order chi connectivity index (χ0) is 10.4. The van der Waals surface area contributed by atoms with Crippen molar-refractivity contribution in [2.24, 2.45) is 5.92 Å². The van der Waals surface area contributed by atoms with Gasteiger partial charge in [-0.3, -0.25) is 4.90 Å². The quantitative estimate of drug-likeness (QED) is 0.636. The molecule has 0 radical (unpaired) electrons. The molecule has 1 rings (SSSR count). The van der Waals surface area contributed by atoms with Gasteiger partial charge in [0, 0.05) is 12.1 Å². The molecule has 1 heterocycles. The number of likely N-dealkylation sites (tertiary alicyclic amines) is 1. The molecule has 1 saturated heterocycles. The third-order valence-corrected chi connectivity index (χ3v) is 2.78. The molecule has 1 atom stereocenters. The molecule has 80 valence electrons. The Kier molecular flexibility index (Phi) is 6.40. The van der Waals surface area contributed by atoms with Gasteiger partial charge in [0.1, 0.15) is 0 Å². The molecule has 1 heteroatoms. The van der Waals surface area contributed by atoms with E-state index in [0.29, 0.717) is 0 Å². The first-order valence-corrected chi connectivity index (χ1v) is 5.88. The molecule has 1 fully saturated rings. The van der Waals surface area contributed by atoms with Crippen molar-refractivity contribution in [1.82, 2.24) is 4.90 Å². The van der Waals surface area contributed by atoms with Gasteiger partial charge in [0.25, 0.3) is 0 Å². The molecule has 0 bridgehead atoms. The fraction of sp³-hybridized carbons (Fsp3) is 1.00. The highest BCUT2D eigenvalue weighted by atomic mass is 15.2. The van der Waals surface area contributed by atoms with E-state index in [1.165, 1.54) is 19.4 Å². The average molecular weight is 185 g/mol. The van der Waals surface area contributed by atoms with Gasteiger partial charge in [0.05, 0.1) is 0 Å². The van der Waals surface area contributed by atoms with E-state index >= 15 is 0 Å². The molecule has 1 aliphatic heterocycles. The summed E-state index contributed by atoms with van der Waals surface area (Å²) in [6.07, 6.45) is 2.82. The van der Waals surface area contributed by atoms with E-state index < -0.39 is 0 Å². The van der Waals surface area contributed by atoms with E-state index in [9.17, 15) is 0 Å². The second-order valence-corrected chi connectivity index (χ2v) is 4.29. The maximum atomic E-state index is 2.64. The van der Waals surface area contributed by atoms with Crippen LogP contribution in [0.4, 0.5) is 0 Å². The zero-order valence-corrected chi connectivity index (χ0v) is 10.3. The van der Waals surface area contributed by atoms with E-state index in [4.69, 9.17) is 0 Å². The normalized spacial score (nSPS) is 23.5. The predicted octanol–water partition coefficient (Wildman–Crippen LogP) is 3.54. The van der Waals surface area contributed by atoms with Crippen LogP contribution in [0.1, 0.15) is 54.4 Å². The molecular weight excluding hydrogens is 158 g/mol. The van der Waals surface area contributed by atoms with Crippen LogP contribution in [0, 0.1) is 5.92 Å². The van der Waals surface area contributed by atoms with Crippen LogP contribution < -0.4 is 0 Å². The van der Waals surface area contributed by atoms with Crippen LogP contribution in [0.5, 0.6) is 0 Å². The molecule has 0 aromatic rings. The van der Waals surface area contributed by atoms with Crippen molar-refractivity contribution in [3.05, 3.63) is 0 Å². The van der Waals surface area contributed by atoms with E-state index in [1.54, 1.807) is 0 Å². The molecule has 0 saturated carbocycles. The smallest absolute Gasteiger partial charge is 0.0121 e. The minimum atomic E-state index is 0.741. The minimum Gasteiger partial charge on any atom is -0.298 e. The van der Waals surface area contributed by atoms with Crippen LogP contribution >= 0.6 is 0 Å². The Morgan fingerprint density at radius 3 is 1.92 bits per heavy atom. The number of rotatable bonds is 2. The van der Waals surface area contributed by atoms with Gasteiger partial charge in [-0.15, -0.1) is 0 Å². The van der Waals surface area contributed by atoms with Gasteiger partial charge in [-0.05, 0) is 39.2 Å². The second kappa shape index (κ2) is 6.42. The Hall–Kier alpha value is -0.0400. The Morgan fingerprint density at radius 1 is 1.08 bits per heavy atom. The lowest BCUT2D eigenvalue weighted by atomic mass is 10.0. The monoisotopic (exact) mass is 185 g/mol. The Labute approximate surface area is 84.5 Å². The van der Waals surface area contributed by atoms with Gasteiger partial charge in [0.2, 0.25) is 0 Å². The maximum Gasteiger partial charge on any atom is 0.0121 e. The Bertz CT molecular complexity index is 104. The van der Waals surface area contributed by atoms with Gasteiger partial charge >= 0.3 is 0 Å². The SMILES string of the molecule is CC.CC(C)C1CCCN1C(C)C. The molecular formula is C12H27N. The van der Waals surface area contributed by atoms with Crippen molar-refractivity contribution in [2.75, 3.05) is 6.54 Å². The molecule has 0 aliphatic carbocycles. The summed E-state index contributed by atoms with van der Waals surface area (Å²) >= 11 is 0. The van der Waals surface area contributed by atoms with Crippen molar-refractivity contribution < 1.29 is 0 Å². The summed E-state index contributed by atoms with van der Waals surface area (Å²) in [5.41, 5.74) is 0. The summed E-state index contributed by atoms with van der Waals surface area (Å²) in [6.45, 7) is 14.6. The van der Waals surface area contributed by atoms with Gasteiger partial charge in [-0.2, -0.15) is 0 Å². The van der Waals surface area contributed by atoms with Crippen LogP contribution in [0.15, 0.2) is 0 Å². The van der Waals surface area contributed by atoms with Crippen molar-refractivity contribution >= 4 is 0 Å². The van der Waals surface area contributed by atoms with Gasteiger partial charge < -0.3 is 0 Å². The summed E-state index contributed by atoms with van der Waals surface area (Å²) in [6, 6.07) is 1.60. The summed E-state index contributed by atoms with van der Waals surface area (Å²) in [5, 5.41) is 0. The highest BCUT2D eigenvalue weighted by Crippen LogP contribution is 2.25. The predicted molar refractivity (Wildman–Crippen MR) is 61.1 cm³/mol. The third-order valence-electron chi connectivity index (χ3n) is 2.78. The largest absolute Gasteiger partial charge is 0.298 e. The lowest BCUT2D eigenvalue weighted by molar-refractivity contribution is 0.166. The number of nitrogens with zero attached hydrogens (tertiary/aromatic N) is 1. The summed E-state index contributed by atoms with van der Waals surface area (Å²) < 4.78 is 0. The van der Waals surface area contributed by atoms with Gasteiger partial charge in [-0.1, -0.05) is 27.7 Å². The van der Waals surface area contributed by atoms with Gasteiger partial charge in [-0.25, -0.2) is 0 Å². The highest BCUT2D eigenvalue weighted by molar-refractivity contribution is 4.83. The Morgan fingerprint density at radius 2 is 1.62 bits per heavy atom. The number of hydrogen-bond acceptors (Lipinski definition) is 1. The molecule has 0 aromatic heterocycles. The van der Waals surface area contributed by atoms with Crippen LogP contribution in [-0.2, 0) is 0 Å². The number of hydrogen-bond donors (Lipinski definition) is 0. The van der Waals surface area contributed by atoms with Crippen molar-refractivity contribution in [3.8, 4) is 0 Å². The summed E-state index contributed by atoms with van der Waals surface area (Å²) in [5.74, 6) is 0.833. The molecule has 0 aromatic carbocycles. The third kappa shape index (κ3) is 3.68. The minimum absolute atomic E-state index is 0.741. The zero-order valence-electron chi connectivity index (χ0n) is 10.3. The van der Waals surface area contributed by atoms with Crippen molar-refractivity contribution in [3.63, 3.8) is 0 Å². The fourth-order valence-electron chi connectivity index (χ4n) is 2.17. The summed E-state index contributed by atoms with van der Waals surface area (Å²) in [4.78, 5) is 2.64. The molecule has 0 N–H and O–H groups in total. The molecule has 1 unspecified atom stereocenters. The molecule has 0 amide bonds. The molecule has 13 heavy (non-hydrogen) atoms. The maximum absolute atomic E-state index is 2.64. The van der Waals surface area contributed by atoms with Gasteiger partial charge in [0.15, 0.2) is 0 Å². The van der Waals surface area contributed by atoms with E-state index in [0.717, 1.165) is 18.0 Å². The fourth-order valence-corrected chi connectivity index (χ4v) is 2.17. The topological polar surface area (TPSA) is 3.24 Å². The van der Waals surface area contributed by atoms with Crippen molar-refractivity contribution in [1.29, 1.82) is 0 Å². The molecule has 1 nitrogen and oxygen atoms in total. The molecule has 1 aliphatic rings.